The van der Waals surface area contributed by atoms with E-state index in [0.717, 1.165) is 25.2 Å². The van der Waals surface area contributed by atoms with Crippen LogP contribution in [0.3, 0.4) is 0 Å². The van der Waals surface area contributed by atoms with Crippen LogP contribution in [0.1, 0.15) is 11.3 Å². The Kier molecular flexibility index (Phi) is 5.26. The molecule has 1 heterocycles. The third-order valence-electron chi connectivity index (χ3n) is 3.17. The number of nitrogens with zero attached hydrogens (tertiary/aromatic N) is 1. The monoisotopic (exact) mass is 312 g/mol. The highest BCUT2D eigenvalue weighted by Crippen LogP contribution is 2.32. The highest BCUT2D eigenvalue weighted by atomic mass is 19.4. The second kappa shape index (κ2) is 6.98. The molecule has 0 saturated heterocycles. The van der Waals surface area contributed by atoms with Gasteiger partial charge in [-0.15, -0.1) is 0 Å². The molecular weight excluding hydrogens is 293 g/mol. The molecule has 0 unspecified atom stereocenters. The van der Waals surface area contributed by atoms with Crippen LogP contribution in [-0.2, 0) is 12.7 Å². The summed E-state index contributed by atoms with van der Waals surface area (Å²) < 4.78 is 43.7. The van der Waals surface area contributed by atoms with Gasteiger partial charge in [-0.25, -0.2) is 0 Å². The van der Waals surface area contributed by atoms with E-state index in [1.165, 1.54) is 6.07 Å². The first kappa shape index (κ1) is 16.6. The number of nitrogens with one attached hydrogen (secondary N) is 1. The van der Waals surface area contributed by atoms with Crippen LogP contribution >= 0.6 is 0 Å². The molecule has 0 saturated carbocycles. The molecule has 0 atom stereocenters. The molecule has 1 N–H and O–H groups in total. The number of rotatable bonds is 6. The summed E-state index contributed by atoms with van der Waals surface area (Å²) >= 11 is 0. The Balaban J connectivity index is 2.02. The lowest BCUT2D eigenvalue weighted by atomic mass is 10.1. The van der Waals surface area contributed by atoms with Crippen LogP contribution in [0, 0.1) is 0 Å². The van der Waals surface area contributed by atoms with E-state index in [0.29, 0.717) is 23.6 Å². The summed E-state index contributed by atoms with van der Waals surface area (Å²) in [6.07, 6.45) is -4.35. The van der Waals surface area contributed by atoms with Gasteiger partial charge in [0.2, 0.25) is 0 Å². The summed E-state index contributed by atoms with van der Waals surface area (Å²) in [5.74, 6) is 1.14. The molecule has 0 aliphatic rings. The van der Waals surface area contributed by atoms with E-state index >= 15 is 0 Å². The summed E-state index contributed by atoms with van der Waals surface area (Å²) in [6, 6.07) is 8.61. The molecule has 0 radical (unpaired) electrons. The van der Waals surface area contributed by atoms with Crippen LogP contribution < -0.4 is 5.32 Å². The zero-order valence-electron chi connectivity index (χ0n) is 12.6. The van der Waals surface area contributed by atoms with Crippen LogP contribution in [0.4, 0.5) is 13.2 Å². The number of furan rings is 1. The van der Waals surface area contributed by atoms with Crippen LogP contribution in [-0.4, -0.2) is 32.1 Å². The molecule has 0 amide bonds. The Morgan fingerprint density at radius 3 is 2.59 bits per heavy atom. The lowest BCUT2D eigenvalue weighted by Gasteiger charge is -2.09. The van der Waals surface area contributed by atoms with Gasteiger partial charge in [0.05, 0.1) is 12.1 Å². The average Bonchev–Trinajstić information content (AvgIpc) is 2.91. The van der Waals surface area contributed by atoms with Crippen molar-refractivity contribution in [2.24, 2.45) is 0 Å². The zero-order chi connectivity index (χ0) is 16.2. The number of benzene rings is 1. The van der Waals surface area contributed by atoms with E-state index in [1.54, 1.807) is 18.2 Å². The summed E-state index contributed by atoms with van der Waals surface area (Å²) in [6.45, 7) is 2.26. The van der Waals surface area contributed by atoms with E-state index in [9.17, 15) is 13.2 Å². The van der Waals surface area contributed by atoms with E-state index < -0.39 is 11.7 Å². The molecule has 2 aromatic rings. The number of hydrogen-bond donors (Lipinski definition) is 1. The summed E-state index contributed by atoms with van der Waals surface area (Å²) in [5, 5.41) is 3.22. The van der Waals surface area contributed by atoms with Gasteiger partial charge in [-0.05, 0) is 38.4 Å². The minimum atomic E-state index is -4.35. The van der Waals surface area contributed by atoms with Crippen molar-refractivity contribution < 1.29 is 17.6 Å². The Morgan fingerprint density at radius 2 is 1.91 bits per heavy atom. The Morgan fingerprint density at radius 1 is 1.14 bits per heavy atom. The van der Waals surface area contributed by atoms with Gasteiger partial charge < -0.3 is 14.6 Å². The van der Waals surface area contributed by atoms with Crippen LogP contribution in [0.25, 0.3) is 11.3 Å². The maximum atomic E-state index is 12.7. The van der Waals surface area contributed by atoms with Crippen molar-refractivity contribution in [2.75, 3.05) is 27.2 Å². The summed E-state index contributed by atoms with van der Waals surface area (Å²) in [7, 11) is 3.97. The van der Waals surface area contributed by atoms with E-state index in [-0.39, 0.29) is 0 Å². The van der Waals surface area contributed by atoms with Crippen molar-refractivity contribution in [2.45, 2.75) is 12.7 Å². The van der Waals surface area contributed by atoms with Crippen molar-refractivity contribution >= 4 is 0 Å². The predicted molar refractivity (Wildman–Crippen MR) is 79.4 cm³/mol. The van der Waals surface area contributed by atoms with Crippen molar-refractivity contribution in [3.8, 4) is 11.3 Å². The average molecular weight is 312 g/mol. The molecular formula is C16H19F3N2O. The molecule has 0 bridgehead atoms. The Labute approximate surface area is 127 Å². The first-order valence-electron chi connectivity index (χ1n) is 6.98. The fraction of sp³-hybridized carbons (Fsp3) is 0.375. The van der Waals surface area contributed by atoms with Gasteiger partial charge in [-0.3, -0.25) is 0 Å². The molecule has 1 aromatic carbocycles. The second-order valence-electron chi connectivity index (χ2n) is 5.32. The molecule has 0 spiro atoms. The van der Waals surface area contributed by atoms with Gasteiger partial charge >= 0.3 is 6.18 Å². The first-order valence-corrected chi connectivity index (χ1v) is 6.98. The minimum absolute atomic E-state index is 0.425. The van der Waals surface area contributed by atoms with Gasteiger partial charge in [0.25, 0.3) is 0 Å². The first-order chi connectivity index (χ1) is 10.4. The number of alkyl halides is 3. The fourth-order valence-electron chi connectivity index (χ4n) is 1.99. The van der Waals surface area contributed by atoms with Gasteiger partial charge in [0.15, 0.2) is 0 Å². The maximum absolute atomic E-state index is 12.7. The molecule has 22 heavy (non-hydrogen) atoms. The van der Waals surface area contributed by atoms with Gasteiger partial charge in [0, 0.05) is 18.7 Å². The van der Waals surface area contributed by atoms with Crippen molar-refractivity contribution in [1.82, 2.24) is 10.2 Å². The maximum Gasteiger partial charge on any atom is 0.416 e. The topological polar surface area (TPSA) is 28.4 Å². The molecule has 2 rings (SSSR count). The van der Waals surface area contributed by atoms with Crippen molar-refractivity contribution in [3.05, 3.63) is 47.7 Å². The molecule has 3 nitrogen and oxygen atoms in total. The van der Waals surface area contributed by atoms with Gasteiger partial charge in [-0.1, -0.05) is 12.1 Å². The quantitative estimate of drug-likeness (QED) is 0.826. The molecule has 120 valence electrons. The summed E-state index contributed by atoms with van der Waals surface area (Å²) in [5.41, 5.74) is -0.249. The molecule has 6 heteroatoms. The van der Waals surface area contributed by atoms with Crippen molar-refractivity contribution in [1.29, 1.82) is 0 Å². The van der Waals surface area contributed by atoms with E-state index in [4.69, 9.17) is 4.42 Å². The molecule has 1 aromatic heterocycles. The third-order valence-corrected chi connectivity index (χ3v) is 3.17. The number of hydrogen-bond acceptors (Lipinski definition) is 3. The SMILES string of the molecule is CN(C)CCNCc1ccc(-c2cccc(C(F)(F)F)c2)o1. The zero-order valence-corrected chi connectivity index (χ0v) is 12.6. The molecule has 0 fully saturated rings. The lowest BCUT2D eigenvalue weighted by Crippen LogP contribution is -2.25. The van der Waals surface area contributed by atoms with Crippen LogP contribution in [0.2, 0.25) is 0 Å². The Bertz CT molecular complexity index is 605. The third kappa shape index (κ3) is 4.61. The van der Waals surface area contributed by atoms with Crippen molar-refractivity contribution in [3.63, 3.8) is 0 Å². The number of halogens is 3. The smallest absolute Gasteiger partial charge is 0.416 e. The van der Waals surface area contributed by atoms with Gasteiger partial charge in [-0.2, -0.15) is 13.2 Å². The highest BCUT2D eigenvalue weighted by molar-refractivity contribution is 5.58. The molecule has 0 aliphatic heterocycles. The largest absolute Gasteiger partial charge is 0.460 e. The predicted octanol–water partition coefficient (Wildman–Crippen LogP) is 3.62. The second-order valence-corrected chi connectivity index (χ2v) is 5.32. The highest BCUT2D eigenvalue weighted by Gasteiger charge is 2.30. The fourth-order valence-corrected chi connectivity index (χ4v) is 1.99. The van der Waals surface area contributed by atoms with Gasteiger partial charge in [0.1, 0.15) is 11.5 Å². The van der Waals surface area contributed by atoms with Crippen LogP contribution in [0.15, 0.2) is 40.8 Å². The van der Waals surface area contributed by atoms with Crippen LogP contribution in [0.5, 0.6) is 0 Å². The lowest BCUT2D eigenvalue weighted by molar-refractivity contribution is -0.137. The normalized spacial score (nSPS) is 12.1. The molecule has 0 aliphatic carbocycles. The minimum Gasteiger partial charge on any atom is -0.460 e. The summed E-state index contributed by atoms with van der Waals surface area (Å²) in [4.78, 5) is 2.06. The Hall–Kier alpha value is -1.79. The standard InChI is InChI=1S/C16H19F3N2O/c1-21(2)9-8-20-11-14-6-7-15(22-14)12-4-3-5-13(10-12)16(17,18)19/h3-7,10,20H,8-9,11H2,1-2H3. The number of likely N-dealkylation sites (N-methyl/N-ethyl adjacent to an activating group) is 1. The van der Waals surface area contributed by atoms with E-state index in [2.05, 4.69) is 10.2 Å². The van der Waals surface area contributed by atoms with E-state index in [1.807, 2.05) is 14.1 Å².